The highest BCUT2D eigenvalue weighted by molar-refractivity contribution is 8.14. The Balaban J connectivity index is 1.71. The number of hydrogen-bond acceptors (Lipinski definition) is 6. The summed E-state index contributed by atoms with van der Waals surface area (Å²) >= 11 is 1.23. The van der Waals surface area contributed by atoms with Gasteiger partial charge in [0, 0.05) is 11.4 Å². The minimum atomic E-state index is -0.419. The number of benzene rings is 2. The summed E-state index contributed by atoms with van der Waals surface area (Å²) in [6, 6.07) is 13.1. The first-order chi connectivity index (χ1) is 14.0. The number of para-hydroxylation sites is 2. The highest BCUT2D eigenvalue weighted by Gasteiger charge is 2.15. The molecule has 8 heteroatoms. The molecule has 2 N–H and O–H groups in total. The number of thioether (sulfide) groups is 1. The van der Waals surface area contributed by atoms with Gasteiger partial charge in [-0.3, -0.25) is 9.59 Å². The van der Waals surface area contributed by atoms with E-state index in [1.54, 1.807) is 19.1 Å². The highest BCUT2D eigenvalue weighted by Crippen LogP contribution is 2.31. The average molecular weight is 413 g/mol. The minimum absolute atomic E-state index is 0.0667. The van der Waals surface area contributed by atoms with Gasteiger partial charge in [0.1, 0.15) is 5.82 Å². The van der Waals surface area contributed by atoms with E-state index in [0.717, 1.165) is 5.69 Å². The van der Waals surface area contributed by atoms with Crippen LogP contribution >= 0.6 is 11.8 Å². The number of aliphatic imine (C=N–C) groups is 1. The molecule has 3 rings (SSSR count). The predicted octanol–water partition coefficient (Wildman–Crippen LogP) is 4.49. The third-order valence-corrected chi connectivity index (χ3v) is 4.74. The van der Waals surface area contributed by atoms with Crippen LogP contribution in [0.5, 0.6) is 0 Å². The first-order valence-corrected chi connectivity index (χ1v) is 10.0. The Hall–Kier alpha value is -3.13. The van der Waals surface area contributed by atoms with Crippen LogP contribution in [0, 0.1) is 5.82 Å². The van der Waals surface area contributed by atoms with Gasteiger partial charge in [-0.1, -0.05) is 30.0 Å². The molecule has 29 heavy (non-hydrogen) atoms. The van der Waals surface area contributed by atoms with Crippen LogP contribution in [0.2, 0.25) is 0 Å². The summed E-state index contributed by atoms with van der Waals surface area (Å²) in [6.07, 6.45) is 1.80. The first kappa shape index (κ1) is 20.6. The number of carbonyl (C=O) groups is 2. The Morgan fingerprint density at radius 3 is 2.83 bits per heavy atom. The molecule has 1 aliphatic rings. The predicted molar refractivity (Wildman–Crippen MR) is 114 cm³/mol. The zero-order chi connectivity index (χ0) is 20.6. The summed E-state index contributed by atoms with van der Waals surface area (Å²) in [6.45, 7) is 2.06. The van der Waals surface area contributed by atoms with Crippen molar-refractivity contribution in [1.82, 2.24) is 0 Å². The van der Waals surface area contributed by atoms with Crippen molar-refractivity contribution in [3.05, 3.63) is 66.1 Å². The molecule has 2 aromatic rings. The summed E-state index contributed by atoms with van der Waals surface area (Å²) < 4.78 is 18.3. The molecule has 1 heterocycles. The SMILES string of the molecule is CCOC(=O)CC1=CC(SCC(=O)Nc2cccc(F)c2)=Nc2ccccc2N1. The Labute approximate surface area is 172 Å². The lowest BCUT2D eigenvalue weighted by molar-refractivity contribution is -0.142. The summed E-state index contributed by atoms with van der Waals surface area (Å²) in [4.78, 5) is 28.7. The van der Waals surface area contributed by atoms with Gasteiger partial charge in [-0.15, -0.1) is 0 Å². The quantitative estimate of drug-likeness (QED) is 0.682. The van der Waals surface area contributed by atoms with Crippen molar-refractivity contribution >= 4 is 45.7 Å². The van der Waals surface area contributed by atoms with Gasteiger partial charge in [-0.25, -0.2) is 9.38 Å². The van der Waals surface area contributed by atoms with Crippen LogP contribution in [0.3, 0.4) is 0 Å². The maximum Gasteiger partial charge on any atom is 0.311 e. The smallest absolute Gasteiger partial charge is 0.311 e. The molecule has 0 fully saturated rings. The molecule has 1 amide bonds. The molecule has 0 spiro atoms. The topological polar surface area (TPSA) is 79.8 Å². The largest absolute Gasteiger partial charge is 0.466 e. The summed E-state index contributed by atoms with van der Waals surface area (Å²) in [7, 11) is 0. The molecule has 6 nitrogen and oxygen atoms in total. The summed E-state index contributed by atoms with van der Waals surface area (Å²) in [5, 5.41) is 6.43. The van der Waals surface area contributed by atoms with Crippen molar-refractivity contribution in [3.8, 4) is 0 Å². The van der Waals surface area contributed by atoms with E-state index in [4.69, 9.17) is 4.74 Å². The van der Waals surface area contributed by atoms with E-state index in [1.807, 2.05) is 24.3 Å². The number of anilines is 2. The minimum Gasteiger partial charge on any atom is -0.466 e. The molecule has 0 aromatic heterocycles. The van der Waals surface area contributed by atoms with Crippen molar-refractivity contribution in [2.75, 3.05) is 23.0 Å². The molecule has 0 aliphatic carbocycles. The second-order valence-electron chi connectivity index (χ2n) is 6.09. The fourth-order valence-electron chi connectivity index (χ4n) is 2.63. The summed E-state index contributed by atoms with van der Waals surface area (Å²) in [5.41, 5.74) is 2.49. The number of nitrogens with one attached hydrogen (secondary N) is 2. The van der Waals surface area contributed by atoms with Gasteiger partial charge in [0.25, 0.3) is 0 Å². The number of carbonyl (C=O) groups excluding carboxylic acids is 2. The number of ether oxygens (including phenoxy) is 1. The molecule has 2 aromatic carbocycles. The van der Waals surface area contributed by atoms with Gasteiger partial charge < -0.3 is 15.4 Å². The molecule has 0 unspecified atom stereocenters. The maximum atomic E-state index is 13.3. The zero-order valence-corrected chi connectivity index (χ0v) is 16.6. The lowest BCUT2D eigenvalue weighted by Gasteiger charge is -2.10. The van der Waals surface area contributed by atoms with E-state index in [1.165, 1.54) is 30.0 Å². The Bertz CT molecular complexity index is 975. The lowest BCUT2D eigenvalue weighted by Crippen LogP contribution is -2.15. The Kier molecular flexibility index (Phi) is 7.02. The molecule has 0 saturated carbocycles. The number of esters is 1. The molecular weight excluding hydrogens is 393 g/mol. The molecule has 0 saturated heterocycles. The second kappa shape index (κ2) is 9.88. The van der Waals surface area contributed by atoms with Crippen molar-refractivity contribution in [2.45, 2.75) is 13.3 Å². The zero-order valence-electron chi connectivity index (χ0n) is 15.8. The second-order valence-corrected chi connectivity index (χ2v) is 7.09. The third-order valence-electron chi connectivity index (χ3n) is 3.83. The number of fused-ring (bicyclic) bond motifs is 1. The van der Waals surface area contributed by atoms with Crippen LogP contribution < -0.4 is 10.6 Å². The monoisotopic (exact) mass is 413 g/mol. The molecular formula is C21H20FN3O3S. The Morgan fingerprint density at radius 2 is 2.03 bits per heavy atom. The first-order valence-electron chi connectivity index (χ1n) is 9.02. The molecule has 150 valence electrons. The summed E-state index contributed by atoms with van der Waals surface area (Å²) in [5.74, 6) is -0.966. The van der Waals surface area contributed by atoms with Crippen molar-refractivity contribution < 1.29 is 18.7 Å². The number of halogens is 1. The third kappa shape index (κ3) is 6.18. The fourth-order valence-corrected chi connectivity index (χ4v) is 3.37. The van der Waals surface area contributed by atoms with Gasteiger partial charge in [-0.05, 0) is 43.3 Å². The van der Waals surface area contributed by atoms with Crippen LogP contribution in [0.1, 0.15) is 13.3 Å². The number of nitrogens with zero attached hydrogens (tertiary/aromatic N) is 1. The lowest BCUT2D eigenvalue weighted by atomic mass is 10.2. The van der Waals surface area contributed by atoms with Crippen molar-refractivity contribution in [1.29, 1.82) is 0 Å². The van der Waals surface area contributed by atoms with Gasteiger partial charge in [0.2, 0.25) is 5.91 Å². The van der Waals surface area contributed by atoms with E-state index in [2.05, 4.69) is 15.6 Å². The van der Waals surface area contributed by atoms with E-state index >= 15 is 0 Å². The van der Waals surface area contributed by atoms with Crippen LogP contribution in [0.25, 0.3) is 0 Å². The maximum absolute atomic E-state index is 13.3. The Morgan fingerprint density at radius 1 is 1.21 bits per heavy atom. The fraction of sp³-hybridized carbons (Fsp3) is 0.190. The number of amides is 1. The van der Waals surface area contributed by atoms with E-state index in [0.29, 0.717) is 28.7 Å². The van der Waals surface area contributed by atoms with Gasteiger partial charge >= 0.3 is 5.97 Å². The molecule has 0 radical (unpaired) electrons. The van der Waals surface area contributed by atoms with Crippen LogP contribution in [-0.4, -0.2) is 29.3 Å². The van der Waals surface area contributed by atoms with Crippen LogP contribution in [-0.2, 0) is 14.3 Å². The molecule has 1 aliphatic heterocycles. The molecule has 0 atom stereocenters. The van der Waals surface area contributed by atoms with Gasteiger partial charge in [0.05, 0.1) is 35.2 Å². The van der Waals surface area contributed by atoms with E-state index in [9.17, 15) is 14.0 Å². The van der Waals surface area contributed by atoms with Crippen molar-refractivity contribution in [3.63, 3.8) is 0 Å². The standard InChI is InChI=1S/C21H20FN3O3S/c1-2-28-21(27)12-16-11-20(25-18-9-4-3-8-17(18)23-16)29-13-19(26)24-15-7-5-6-14(22)10-15/h3-11,23H,2,12-13H2,1H3,(H,24,26). The average Bonchev–Trinajstić information content (AvgIpc) is 2.85. The van der Waals surface area contributed by atoms with Crippen LogP contribution in [0.15, 0.2) is 65.3 Å². The molecule has 0 bridgehead atoms. The van der Waals surface area contributed by atoms with E-state index < -0.39 is 5.82 Å². The van der Waals surface area contributed by atoms with Crippen molar-refractivity contribution in [2.24, 2.45) is 4.99 Å². The number of hydrogen-bond donors (Lipinski definition) is 2. The highest BCUT2D eigenvalue weighted by atomic mass is 32.2. The normalized spacial score (nSPS) is 12.6. The van der Waals surface area contributed by atoms with Gasteiger partial charge in [-0.2, -0.15) is 0 Å². The van der Waals surface area contributed by atoms with Crippen LogP contribution in [0.4, 0.5) is 21.5 Å². The number of rotatable bonds is 6. The van der Waals surface area contributed by atoms with E-state index in [-0.39, 0.29) is 24.1 Å². The van der Waals surface area contributed by atoms with Gasteiger partial charge in [0.15, 0.2) is 0 Å².